The molecule has 3 heteroatoms. The summed E-state index contributed by atoms with van der Waals surface area (Å²) in [5, 5.41) is 0. The summed E-state index contributed by atoms with van der Waals surface area (Å²) in [5.74, 6) is -0.271. The second-order valence-electron chi connectivity index (χ2n) is 4.47. The zero-order valence-electron chi connectivity index (χ0n) is 10.2. The van der Waals surface area contributed by atoms with Crippen LogP contribution in [0.4, 0.5) is 4.39 Å². The lowest BCUT2D eigenvalue weighted by molar-refractivity contribution is 0.612. The van der Waals surface area contributed by atoms with Gasteiger partial charge in [0.1, 0.15) is 5.82 Å². The van der Waals surface area contributed by atoms with Gasteiger partial charge < -0.3 is 5.73 Å². The third kappa shape index (κ3) is 3.18. The van der Waals surface area contributed by atoms with E-state index in [-0.39, 0.29) is 11.9 Å². The molecule has 1 unspecified atom stereocenters. The molecule has 0 bridgehead atoms. The van der Waals surface area contributed by atoms with Crippen LogP contribution in [-0.4, -0.2) is 0 Å². The smallest absolute Gasteiger partial charge is 0.137 e. The van der Waals surface area contributed by atoms with E-state index < -0.39 is 0 Å². The Kier molecular flexibility index (Phi) is 4.15. The van der Waals surface area contributed by atoms with E-state index >= 15 is 0 Å². The largest absolute Gasteiger partial charge is 0.324 e. The fourth-order valence-corrected chi connectivity index (χ4v) is 2.09. The molecule has 0 heterocycles. The maximum Gasteiger partial charge on any atom is 0.137 e. The highest BCUT2D eigenvalue weighted by Gasteiger charge is 2.09. The first-order valence-electron chi connectivity index (χ1n) is 5.82. The molecule has 1 atom stereocenters. The molecule has 1 nitrogen and oxygen atoms in total. The summed E-state index contributed by atoms with van der Waals surface area (Å²) in [6.45, 7) is 2.05. The molecule has 0 radical (unpaired) electrons. The van der Waals surface area contributed by atoms with Gasteiger partial charge in [0, 0.05) is 6.04 Å². The minimum atomic E-state index is -0.271. The van der Waals surface area contributed by atoms with Gasteiger partial charge in [0.25, 0.3) is 0 Å². The molecule has 2 aromatic rings. The van der Waals surface area contributed by atoms with Crippen LogP contribution in [0.2, 0.25) is 0 Å². The van der Waals surface area contributed by atoms with E-state index in [4.69, 9.17) is 5.73 Å². The highest BCUT2D eigenvalue weighted by atomic mass is 79.9. The first-order valence-corrected chi connectivity index (χ1v) is 6.61. The summed E-state index contributed by atoms with van der Waals surface area (Å²) < 4.78 is 13.9. The molecule has 18 heavy (non-hydrogen) atoms. The molecule has 2 aromatic carbocycles. The maximum atomic E-state index is 13.4. The van der Waals surface area contributed by atoms with Gasteiger partial charge in [-0.25, -0.2) is 4.39 Å². The molecule has 2 rings (SSSR count). The summed E-state index contributed by atoms with van der Waals surface area (Å²) in [4.78, 5) is 0. The zero-order chi connectivity index (χ0) is 13.1. The van der Waals surface area contributed by atoms with Gasteiger partial charge in [0.15, 0.2) is 0 Å². The summed E-state index contributed by atoms with van der Waals surface area (Å²) in [6, 6.07) is 13.1. The number of hydrogen-bond donors (Lipinski definition) is 1. The number of rotatable bonds is 3. The normalized spacial score (nSPS) is 12.4. The van der Waals surface area contributed by atoms with Crippen molar-refractivity contribution in [2.24, 2.45) is 5.73 Å². The average Bonchev–Trinajstić information content (AvgIpc) is 2.35. The molecule has 0 spiro atoms. The molecule has 2 N–H and O–H groups in total. The van der Waals surface area contributed by atoms with Crippen molar-refractivity contribution < 1.29 is 4.39 Å². The first kappa shape index (κ1) is 13.2. The van der Waals surface area contributed by atoms with E-state index in [0.717, 1.165) is 11.1 Å². The lowest BCUT2D eigenvalue weighted by Crippen LogP contribution is -2.13. The van der Waals surface area contributed by atoms with Crippen LogP contribution >= 0.6 is 15.9 Å². The number of aryl methyl sites for hydroxylation is 1. The summed E-state index contributed by atoms with van der Waals surface area (Å²) >= 11 is 3.14. The van der Waals surface area contributed by atoms with Crippen LogP contribution in [0.15, 0.2) is 46.9 Å². The van der Waals surface area contributed by atoms with E-state index in [1.807, 2.05) is 13.0 Å². The van der Waals surface area contributed by atoms with Crippen LogP contribution in [0.5, 0.6) is 0 Å². The predicted molar refractivity (Wildman–Crippen MR) is 75.9 cm³/mol. The van der Waals surface area contributed by atoms with Crippen molar-refractivity contribution >= 4 is 15.9 Å². The fraction of sp³-hybridized carbons (Fsp3) is 0.200. The Morgan fingerprint density at radius 3 is 2.44 bits per heavy atom. The van der Waals surface area contributed by atoms with Crippen molar-refractivity contribution in [3.8, 4) is 0 Å². The molecule has 0 saturated heterocycles. The molecule has 0 aliphatic rings. The third-order valence-corrected chi connectivity index (χ3v) is 3.59. The molecular weight excluding hydrogens is 293 g/mol. The van der Waals surface area contributed by atoms with E-state index in [1.54, 1.807) is 6.07 Å². The van der Waals surface area contributed by atoms with Gasteiger partial charge in [-0.2, -0.15) is 0 Å². The minimum Gasteiger partial charge on any atom is -0.324 e. The molecule has 94 valence electrons. The maximum absolute atomic E-state index is 13.4. The van der Waals surface area contributed by atoms with Crippen molar-refractivity contribution in [3.05, 3.63) is 69.4 Å². The fourth-order valence-electron chi connectivity index (χ4n) is 1.84. The lowest BCUT2D eigenvalue weighted by atomic mass is 9.99. The number of nitrogens with two attached hydrogens (primary N) is 1. The Labute approximate surface area is 115 Å². The van der Waals surface area contributed by atoms with Gasteiger partial charge in [0.2, 0.25) is 0 Å². The molecule has 0 aliphatic heterocycles. The molecule has 0 fully saturated rings. The van der Waals surface area contributed by atoms with Crippen LogP contribution < -0.4 is 5.73 Å². The Morgan fingerprint density at radius 2 is 1.83 bits per heavy atom. The molecule has 0 aliphatic carbocycles. The van der Waals surface area contributed by atoms with Crippen LogP contribution in [0.1, 0.15) is 22.7 Å². The van der Waals surface area contributed by atoms with Gasteiger partial charge >= 0.3 is 0 Å². The summed E-state index contributed by atoms with van der Waals surface area (Å²) in [7, 11) is 0. The quantitative estimate of drug-likeness (QED) is 0.906. The van der Waals surface area contributed by atoms with E-state index in [9.17, 15) is 4.39 Å². The van der Waals surface area contributed by atoms with Crippen LogP contribution in [0.3, 0.4) is 0 Å². The number of halogens is 2. The molecule has 0 aromatic heterocycles. The Hall–Kier alpha value is -1.19. The van der Waals surface area contributed by atoms with Gasteiger partial charge in [-0.3, -0.25) is 0 Å². The first-order chi connectivity index (χ1) is 8.56. The van der Waals surface area contributed by atoms with Crippen molar-refractivity contribution in [2.45, 2.75) is 19.4 Å². The standard InChI is InChI=1S/C15H15BrFN/c1-10-2-4-11(5-3-10)8-15(18)12-6-7-13(16)14(17)9-12/h2-7,9,15H,8,18H2,1H3. The molecular formula is C15H15BrFN. The van der Waals surface area contributed by atoms with E-state index in [0.29, 0.717) is 10.9 Å². The van der Waals surface area contributed by atoms with Crippen molar-refractivity contribution in [1.82, 2.24) is 0 Å². The Morgan fingerprint density at radius 1 is 1.17 bits per heavy atom. The number of hydrogen-bond acceptors (Lipinski definition) is 1. The zero-order valence-corrected chi connectivity index (χ0v) is 11.7. The Bertz CT molecular complexity index is 537. The van der Waals surface area contributed by atoms with Crippen molar-refractivity contribution in [1.29, 1.82) is 0 Å². The van der Waals surface area contributed by atoms with E-state index in [1.165, 1.54) is 11.6 Å². The van der Waals surface area contributed by atoms with Crippen LogP contribution in [0.25, 0.3) is 0 Å². The highest BCUT2D eigenvalue weighted by molar-refractivity contribution is 9.10. The molecule has 0 amide bonds. The minimum absolute atomic E-state index is 0.185. The predicted octanol–water partition coefficient (Wildman–Crippen LogP) is 4.14. The van der Waals surface area contributed by atoms with Crippen LogP contribution in [0, 0.1) is 12.7 Å². The second-order valence-corrected chi connectivity index (χ2v) is 5.32. The number of benzene rings is 2. The van der Waals surface area contributed by atoms with E-state index in [2.05, 4.69) is 40.2 Å². The topological polar surface area (TPSA) is 26.0 Å². The monoisotopic (exact) mass is 307 g/mol. The van der Waals surface area contributed by atoms with Gasteiger partial charge in [-0.05, 0) is 52.5 Å². The third-order valence-electron chi connectivity index (χ3n) is 2.95. The SMILES string of the molecule is Cc1ccc(CC(N)c2ccc(Br)c(F)c2)cc1. The molecule has 0 saturated carbocycles. The van der Waals surface area contributed by atoms with Crippen LogP contribution in [-0.2, 0) is 6.42 Å². The lowest BCUT2D eigenvalue weighted by Gasteiger charge is -2.13. The summed E-state index contributed by atoms with van der Waals surface area (Å²) in [6.07, 6.45) is 0.710. The average molecular weight is 308 g/mol. The Balaban J connectivity index is 2.13. The van der Waals surface area contributed by atoms with Crippen molar-refractivity contribution in [3.63, 3.8) is 0 Å². The van der Waals surface area contributed by atoms with Gasteiger partial charge in [0.05, 0.1) is 4.47 Å². The van der Waals surface area contributed by atoms with Gasteiger partial charge in [-0.1, -0.05) is 35.9 Å². The summed E-state index contributed by atoms with van der Waals surface area (Å²) in [5.41, 5.74) is 9.31. The highest BCUT2D eigenvalue weighted by Crippen LogP contribution is 2.22. The van der Waals surface area contributed by atoms with Gasteiger partial charge in [-0.15, -0.1) is 0 Å². The second kappa shape index (κ2) is 5.63. The van der Waals surface area contributed by atoms with Crippen molar-refractivity contribution in [2.75, 3.05) is 0 Å².